The summed E-state index contributed by atoms with van der Waals surface area (Å²) in [4.78, 5) is 0.770. The summed E-state index contributed by atoms with van der Waals surface area (Å²) in [7, 11) is 0. The van der Waals surface area contributed by atoms with Crippen molar-refractivity contribution in [1.82, 2.24) is 0 Å². The molecule has 1 nitrogen and oxygen atoms in total. The summed E-state index contributed by atoms with van der Waals surface area (Å²) in [5.41, 5.74) is 0.719. The van der Waals surface area contributed by atoms with Gasteiger partial charge in [0.2, 0.25) is 0 Å². The fourth-order valence-corrected chi connectivity index (χ4v) is 3.80. The second-order valence-corrected chi connectivity index (χ2v) is 6.68. The van der Waals surface area contributed by atoms with Crippen molar-refractivity contribution in [3.63, 3.8) is 0 Å². The minimum absolute atomic E-state index is 0.282. The van der Waals surface area contributed by atoms with Crippen LogP contribution in [0, 0.1) is 5.82 Å². The largest absolute Gasteiger partial charge is 0.387 e. The predicted octanol–water partition coefficient (Wildman–Crippen LogP) is 5.62. The van der Waals surface area contributed by atoms with Crippen molar-refractivity contribution in [2.75, 3.05) is 0 Å². The van der Waals surface area contributed by atoms with Crippen molar-refractivity contribution in [3.05, 3.63) is 68.8 Å². The normalized spacial score (nSPS) is 12.8. The lowest BCUT2D eigenvalue weighted by Gasteiger charge is -2.11. The van der Waals surface area contributed by atoms with Crippen LogP contribution in [0.25, 0.3) is 10.1 Å². The maximum Gasteiger partial charge on any atom is 0.123 e. The standard InChI is InChI=1S/C16H11Cl2FOS/c17-12-2-1-3-13(18)11(12)8-14(20)16-7-9-6-10(19)4-5-15(9)21-16/h1-7,14,20H,8H2. The average Bonchev–Trinajstić information content (AvgIpc) is 2.86. The highest BCUT2D eigenvalue weighted by atomic mass is 35.5. The zero-order valence-corrected chi connectivity index (χ0v) is 13.1. The Hall–Kier alpha value is -1.13. The fourth-order valence-electron chi connectivity index (χ4n) is 2.22. The maximum absolute atomic E-state index is 13.2. The molecule has 1 heterocycles. The molecule has 0 bridgehead atoms. The minimum atomic E-state index is -0.720. The Morgan fingerprint density at radius 1 is 1.10 bits per heavy atom. The molecule has 0 aliphatic heterocycles. The highest BCUT2D eigenvalue weighted by Crippen LogP contribution is 2.34. The summed E-state index contributed by atoms with van der Waals surface area (Å²) in [6.45, 7) is 0. The summed E-state index contributed by atoms with van der Waals surface area (Å²) in [5.74, 6) is -0.282. The van der Waals surface area contributed by atoms with E-state index in [1.165, 1.54) is 23.5 Å². The molecular formula is C16H11Cl2FOS. The first-order valence-electron chi connectivity index (χ1n) is 6.34. The highest BCUT2D eigenvalue weighted by molar-refractivity contribution is 7.19. The van der Waals surface area contributed by atoms with E-state index in [1.54, 1.807) is 30.3 Å². The van der Waals surface area contributed by atoms with E-state index in [1.807, 2.05) is 0 Å². The van der Waals surface area contributed by atoms with Crippen LogP contribution in [-0.4, -0.2) is 5.11 Å². The molecule has 1 atom stereocenters. The first-order valence-corrected chi connectivity index (χ1v) is 7.92. The number of fused-ring (bicyclic) bond motifs is 1. The van der Waals surface area contributed by atoms with Crippen molar-refractivity contribution >= 4 is 44.6 Å². The van der Waals surface area contributed by atoms with Crippen LogP contribution in [-0.2, 0) is 6.42 Å². The average molecular weight is 341 g/mol. The molecular weight excluding hydrogens is 330 g/mol. The first kappa shape index (κ1) is 14.8. The fraction of sp³-hybridized carbons (Fsp3) is 0.125. The van der Waals surface area contributed by atoms with Gasteiger partial charge in [-0.05, 0) is 47.3 Å². The minimum Gasteiger partial charge on any atom is -0.387 e. The summed E-state index contributed by atoms with van der Waals surface area (Å²) < 4.78 is 14.1. The van der Waals surface area contributed by atoms with Gasteiger partial charge in [-0.25, -0.2) is 4.39 Å². The Labute approximate surface area is 135 Å². The van der Waals surface area contributed by atoms with Crippen molar-refractivity contribution in [2.45, 2.75) is 12.5 Å². The topological polar surface area (TPSA) is 20.2 Å². The van der Waals surface area contributed by atoms with Crippen molar-refractivity contribution in [3.8, 4) is 0 Å². The predicted molar refractivity (Wildman–Crippen MR) is 86.9 cm³/mol. The summed E-state index contributed by atoms with van der Waals surface area (Å²) in [5, 5.41) is 12.3. The molecule has 0 spiro atoms. The number of halogens is 3. The number of rotatable bonds is 3. The van der Waals surface area contributed by atoms with Crippen LogP contribution in [0.1, 0.15) is 16.5 Å². The quantitative estimate of drug-likeness (QED) is 0.655. The van der Waals surface area contributed by atoms with Gasteiger partial charge < -0.3 is 5.11 Å². The number of aliphatic hydroxyl groups is 1. The van der Waals surface area contributed by atoms with Gasteiger partial charge in [-0.1, -0.05) is 29.3 Å². The first-order chi connectivity index (χ1) is 10.0. The SMILES string of the molecule is OC(Cc1c(Cl)cccc1Cl)c1cc2cc(F)ccc2s1. The van der Waals surface area contributed by atoms with E-state index in [-0.39, 0.29) is 5.82 Å². The molecule has 108 valence electrons. The van der Waals surface area contributed by atoms with Gasteiger partial charge in [0, 0.05) is 26.0 Å². The van der Waals surface area contributed by atoms with Crippen molar-refractivity contribution in [1.29, 1.82) is 0 Å². The molecule has 1 aromatic heterocycles. The van der Waals surface area contributed by atoms with Gasteiger partial charge in [-0.15, -0.1) is 11.3 Å². The molecule has 0 aliphatic carbocycles. The smallest absolute Gasteiger partial charge is 0.123 e. The van der Waals surface area contributed by atoms with Gasteiger partial charge in [-0.3, -0.25) is 0 Å². The van der Waals surface area contributed by atoms with Gasteiger partial charge in [0.25, 0.3) is 0 Å². The third kappa shape index (κ3) is 3.06. The molecule has 1 unspecified atom stereocenters. The summed E-state index contributed by atoms with van der Waals surface area (Å²) in [6, 6.07) is 11.7. The zero-order chi connectivity index (χ0) is 15.0. The van der Waals surface area contributed by atoms with Gasteiger partial charge >= 0.3 is 0 Å². The van der Waals surface area contributed by atoms with Gasteiger partial charge in [0.05, 0.1) is 6.10 Å². The van der Waals surface area contributed by atoms with Crippen LogP contribution >= 0.6 is 34.5 Å². The van der Waals surface area contributed by atoms with Gasteiger partial charge in [0.15, 0.2) is 0 Å². The molecule has 0 radical (unpaired) electrons. The van der Waals surface area contributed by atoms with E-state index in [4.69, 9.17) is 23.2 Å². The summed E-state index contributed by atoms with van der Waals surface area (Å²) >= 11 is 13.7. The third-order valence-corrected chi connectivity index (χ3v) is 5.21. The molecule has 5 heteroatoms. The van der Waals surface area contributed by atoms with E-state index in [2.05, 4.69) is 0 Å². The van der Waals surface area contributed by atoms with E-state index in [0.29, 0.717) is 16.5 Å². The Balaban J connectivity index is 1.91. The molecule has 2 aromatic carbocycles. The Morgan fingerprint density at radius 3 is 2.52 bits per heavy atom. The molecule has 0 aliphatic rings. The monoisotopic (exact) mass is 340 g/mol. The second kappa shape index (κ2) is 5.93. The molecule has 3 aromatic rings. The Bertz CT molecular complexity index is 780. The van der Waals surface area contributed by atoms with E-state index < -0.39 is 6.10 Å². The number of thiophene rings is 1. The van der Waals surface area contributed by atoms with Crippen LogP contribution in [0.3, 0.4) is 0 Å². The molecule has 21 heavy (non-hydrogen) atoms. The van der Waals surface area contributed by atoms with Crippen LogP contribution < -0.4 is 0 Å². The van der Waals surface area contributed by atoms with E-state index in [0.717, 1.165) is 20.5 Å². The lowest BCUT2D eigenvalue weighted by molar-refractivity contribution is 0.182. The van der Waals surface area contributed by atoms with Crippen molar-refractivity contribution in [2.24, 2.45) is 0 Å². The molecule has 0 amide bonds. The number of hydrogen-bond acceptors (Lipinski definition) is 2. The van der Waals surface area contributed by atoms with Crippen LogP contribution in [0.2, 0.25) is 10.0 Å². The Kier molecular flexibility index (Phi) is 4.18. The molecule has 3 rings (SSSR count). The van der Waals surface area contributed by atoms with Gasteiger partial charge in [0.1, 0.15) is 5.82 Å². The molecule has 0 saturated carbocycles. The molecule has 0 saturated heterocycles. The number of benzene rings is 2. The van der Waals surface area contributed by atoms with Crippen LogP contribution in [0.15, 0.2) is 42.5 Å². The van der Waals surface area contributed by atoms with Gasteiger partial charge in [-0.2, -0.15) is 0 Å². The maximum atomic E-state index is 13.2. The molecule has 0 fully saturated rings. The van der Waals surface area contributed by atoms with Crippen LogP contribution in [0.5, 0.6) is 0 Å². The summed E-state index contributed by atoms with van der Waals surface area (Å²) in [6.07, 6.45) is -0.392. The van der Waals surface area contributed by atoms with E-state index >= 15 is 0 Å². The third-order valence-electron chi connectivity index (χ3n) is 3.28. The lowest BCUT2D eigenvalue weighted by atomic mass is 10.1. The van der Waals surface area contributed by atoms with Crippen LogP contribution in [0.4, 0.5) is 4.39 Å². The Morgan fingerprint density at radius 2 is 1.81 bits per heavy atom. The van der Waals surface area contributed by atoms with Crippen molar-refractivity contribution < 1.29 is 9.50 Å². The molecule has 1 N–H and O–H groups in total. The highest BCUT2D eigenvalue weighted by Gasteiger charge is 2.16. The zero-order valence-electron chi connectivity index (χ0n) is 10.8. The second-order valence-electron chi connectivity index (χ2n) is 4.75. The van der Waals surface area contributed by atoms with E-state index in [9.17, 15) is 9.50 Å². The lowest BCUT2D eigenvalue weighted by Crippen LogP contribution is -2.00. The number of aliphatic hydroxyl groups excluding tert-OH is 1. The number of hydrogen-bond donors (Lipinski definition) is 1.